The van der Waals surface area contributed by atoms with Crippen LogP contribution in [0.5, 0.6) is 0 Å². The van der Waals surface area contributed by atoms with Crippen LogP contribution in [0.2, 0.25) is 0 Å². The summed E-state index contributed by atoms with van der Waals surface area (Å²) in [7, 11) is 0. The van der Waals surface area contributed by atoms with Gasteiger partial charge in [-0.3, -0.25) is 10.1 Å². The minimum atomic E-state index is -0.418. The number of nitrogens with zero attached hydrogens (tertiary/aromatic N) is 1. The van der Waals surface area contributed by atoms with Gasteiger partial charge in [0.15, 0.2) is 0 Å². The van der Waals surface area contributed by atoms with E-state index in [9.17, 15) is 15.2 Å². The average molecular weight is 237 g/mol. The van der Waals surface area contributed by atoms with E-state index in [1.165, 1.54) is 12.1 Å². The molecular weight excluding hydrogens is 218 g/mol. The van der Waals surface area contributed by atoms with Gasteiger partial charge >= 0.3 is 0 Å². The third-order valence-corrected chi connectivity index (χ3v) is 2.70. The molecule has 4 nitrogen and oxygen atoms in total. The topological polar surface area (TPSA) is 63.4 Å². The lowest BCUT2D eigenvalue weighted by Gasteiger charge is -2.11. The van der Waals surface area contributed by atoms with Crippen LogP contribution < -0.4 is 0 Å². The molecule has 0 saturated carbocycles. The number of benzene rings is 1. The maximum absolute atomic E-state index is 10.5. The number of non-ortho nitro benzene ring substituents is 1. The highest BCUT2D eigenvalue weighted by atomic mass is 16.6. The number of nitro groups is 1. The smallest absolute Gasteiger partial charge is 0.269 e. The Morgan fingerprint density at radius 1 is 1.24 bits per heavy atom. The summed E-state index contributed by atoms with van der Waals surface area (Å²) in [6, 6.07) is 6.36. The Bertz CT molecular complexity index is 359. The number of hydrogen-bond donors (Lipinski definition) is 1. The minimum Gasteiger partial charge on any atom is -0.393 e. The summed E-state index contributed by atoms with van der Waals surface area (Å²) in [5, 5.41) is 20.3. The molecule has 1 aromatic rings. The maximum atomic E-state index is 10.5. The molecule has 0 aliphatic rings. The monoisotopic (exact) mass is 237 g/mol. The van der Waals surface area contributed by atoms with Crippen molar-refractivity contribution in [3.05, 3.63) is 39.9 Å². The molecule has 0 amide bonds. The quantitative estimate of drug-likeness (QED) is 0.611. The highest BCUT2D eigenvalue weighted by molar-refractivity contribution is 5.33. The van der Waals surface area contributed by atoms with Crippen LogP contribution in [0.15, 0.2) is 24.3 Å². The second kappa shape index (κ2) is 6.35. The Morgan fingerprint density at radius 2 is 1.82 bits per heavy atom. The molecule has 1 rings (SSSR count). The predicted octanol–water partition coefficient (Wildman–Crippen LogP) is 2.93. The van der Waals surface area contributed by atoms with Crippen LogP contribution in [-0.2, 0) is 6.42 Å². The minimum absolute atomic E-state index is 0.0884. The van der Waals surface area contributed by atoms with E-state index in [4.69, 9.17) is 0 Å². The normalized spacial score (nSPS) is 12.7. The molecule has 4 heteroatoms. The molecule has 0 aliphatic heterocycles. The molecule has 1 atom stereocenters. The fourth-order valence-electron chi connectivity index (χ4n) is 1.65. The standard InChI is InChI=1S/C13H19NO3/c1-10(2)3-8-13(15)9-11-4-6-12(7-5-11)14(16)17/h4-7,10,13,15H,3,8-9H2,1-2H3. The van der Waals surface area contributed by atoms with E-state index in [1.54, 1.807) is 12.1 Å². The summed E-state index contributed by atoms with van der Waals surface area (Å²) in [4.78, 5) is 10.1. The van der Waals surface area contributed by atoms with Crippen molar-refractivity contribution < 1.29 is 10.0 Å². The van der Waals surface area contributed by atoms with Gasteiger partial charge in [-0.15, -0.1) is 0 Å². The van der Waals surface area contributed by atoms with E-state index in [1.807, 2.05) is 0 Å². The molecule has 1 aromatic carbocycles. The van der Waals surface area contributed by atoms with Crippen molar-refractivity contribution in [2.75, 3.05) is 0 Å². The lowest BCUT2D eigenvalue weighted by atomic mass is 10.00. The summed E-state index contributed by atoms with van der Waals surface area (Å²) in [5.74, 6) is 0.585. The van der Waals surface area contributed by atoms with Gasteiger partial charge in [0.2, 0.25) is 0 Å². The number of hydrogen-bond acceptors (Lipinski definition) is 3. The first-order valence-electron chi connectivity index (χ1n) is 5.90. The third kappa shape index (κ3) is 4.95. The molecule has 0 bridgehead atoms. The fourth-order valence-corrected chi connectivity index (χ4v) is 1.65. The Kier molecular flexibility index (Phi) is 5.10. The van der Waals surface area contributed by atoms with Crippen LogP contribution in [0.1, 0.15) is 32.3 Å². The van der Waals surface area contributed by atoms with Gasteiger partial charge in [-0.1, -0.05) is 26.0 Å². The van der Waals surface area contributed by atoms with Gasteiger partial charge in [0.05, 0.1) is 11.0 Å². The van der Waals surface area contributed by atoms with Gasteiger partial charge in [-0.2, -0.15) is 0 Å². The van der Waals surface area contributed by atoms with Crippen molar-refractivity contribution in [3.8, 4) is 0 Å². The van der Waals surface area contributed by atoms with E-state index in [-0.39, 0.29) is 11.8 Å². The summed E-state index contributed by atoms with van der Waals surface area (Å²) in [6.07, 6.45) is 1.96. The highest BCUT2D eigenvalue weighted by Crippen LogP contribution is 2.15. The van der Waals surface area contributed by atoms with Crippen molar-refractivity contribution in [3.63, 3.8) is 0 Å². The Hall–Kier alpha value is -1.42. The van der Waals surface area contributed by atoms with Crippen LogP contribution in [0, 0.1) is 16.0 Å². The molecule has 0 radical (unpaired) electrons. The molecule has 0 saturated heterocycles. The third-order valence-electron chi connectivity index (χ3n) is 2.70. The van der Waals surface area contributed by atoms with E-state index in [2.05, 4.69) is 13.8 Å². The Morgan fingerprint density at radius 3 is 2.29 bits per heavy atom. The van der Waals surface area contributed by atoms with E-state index in [0.717, 1.165) is 18.4 Å². The van der Waals surface area contributed by atoms with Gasteiger partial charge in [0.25, 0.3) is 5.69 Å². The van der Waals surface area contributed by atoms with Gasteiger partial charge in [0.1, 0.15) is 0 Å². The Labute approximate surface area is 101 Å². The van der Waals surface area contributed by atoms with Crippen molar-refractivity contribution in [1.29, 1.82) is 0 Å². The number of aliphatic hydroxyl groups excluding tert-OH is 1. The van der Waals surface area contributed by atoms with Gasteiger partial charge in [-0.25, -0.2) is 0 Å². The first kappa shape index (κ1) is 13.6. The van der Waals surface area contributed by atoms with Crippen LogP contribution >= 0.6 is 0 Å². The fraction of sp³-hybridized carbons (Fsp3) is 0.538. The van der Waals surface area contributed by atoms with E-state index >= 15 is 0 Å². The summed E-state index contributed by atoms with van der Waals surface area (Å²) in [5.41, 5.74) is 1.03. The molecule has 94 valence electrons. The molecule has 1 unspecified atom stereocenters. The predicted molar refractivity (Wildman–Crippen MR) is 66.9 cm³/mol. The maximum Gasteiger partial charge on any atom is 0.269 e. The van der Waals surface area contributed by atoms with Crippen LogP contribution in [-0.4, -0.2) is 16.1 Å². The van der Waals surface area contributed by atoms with Crippen molar-refractivity contribution in [2.24, 2.45) is 5.92 Å². The zero-order valence-corrected chi connectivity index (χ0v) is 10.3. The lowest BCUT2D eigenvalue weighted by molar-refractivity contribution is -0.384. The summed E-state index contributed by atoms with van der Waals surface area (Å²) < 4.78 is 0. The first-order valence-corrected chi connectivity index (χ1v) is 5.90. The molecule has 0 aliphatic carbocycles. The van der Waals surface area contributed by atoms with Crippen molar-refractivity contribution in [1.82, 2.24) is 0 Å². The molecular formula is C13H19NO3. The van der Waals surface area contributed by atoms with Crippen LogP contribution in [0.3, 0.4) is 0 Å². The van der Waals surface area contributed by atoms with Gasteiger partial charge < -0.3 is 5.11 Å². The highest BCUT2D eigenvalue weighted by Gasteiger charge is 2.09. The van der Waals surface area contributed by atoms with E-state index in [0.29, 0.717) is 12.3 Å². The van der Waals surface area contributed by atoms with Crippen molar-refractivity contribution in [2.45, 2.75) is 39.2 Å². The molecule has 0 fully saturated rings. The summed E-state index contributed by atoms with van der Waals surface area (Å²) >= 11 is 0. The summed E-state index contributed by atoms with van der Waals surface area (Å²) in [6.45, 7) is 4.25. The van der Waals surface area contributed by atoms with Gasteiger partial charge in [0, 0.05) is 12.1 Å². The molecule has 0 spiro atoms. The second-order valence-electron chi connectivity index (χ2n) is 4.75. The molecule has 0 heterocycles. The number of rotatable bonds is 6. The molecule has 0 aromatic heterocycles. The zero-order chi connectivity index (χ0) is 12.8. The average Bonchev–Trinajstić information content (AvgIpc) is 2.27. The number of aliphatic hydroxyl groups is 1. The zero-order valence-electron chi connectivity index (χ0n) is 10.3. The molecule has 17 heavy (non-hydrogen) atoms. The lowest BCUT2D eigenvalue weighted by Crippen LogP contribution is -2.11. The Balaban J connectivity index is 2.48. The molecule has 1 N–H and O–H groups in total. The number of nitro benzene ring substituents is 1. The first-order chi connectivity index (χ1) is 7.99. The SMILES string of the molecule is CC(C)CCC(O)Cc1ccc([N+](=O)[O-])cc1. The van der Waals surface area contributed by atoms with Crippen molar-refractivity contribution >= 4 is 5.69 Å². The second-order valence-corrected chi connectivity index (χ2v) is 4.75. The largest absolute Gasteiger partial charge is 0.393 e. The van der Waals surface area contributed by atoms with Gasteiger partial charge in [-0.05, 0) is 30.7 Å². The van der Waals surface area contributed by atoms with E-state index < -0.39 is 4.92 Å². The van der Waals surface area contributed by atoms with Crippen LogP contribution in [0.4, 0.5) is 5.69 Å². The van der Waals surface area contributed by atoms with Crippen LogP contribution in [0.25, 0.3) is 0 Å².